The number of morpholine rings is 1. The van der Waals surface area contributed by atoms with Crippen LogP contribution in [-0.4, -0.2) is 49.3 Å². The summed E-state index contributed by atoms with van der Waals surface area (Å²) in [7, 11) is 0. The summed E-state index contributed by atoms with van der Waals surface area (Å²) in [6.45, 7) is 10.2. The van der Waals surface area contributed by atoms with Crippen molar-refractivity contribution in [3.8, 4) is 0 Å². The van der Waals surface area contributed by atoms with Gasteiger partial charge in [-0.15, -0.1) is 11.3 Å². The first-order valence-electron chi connectivity index (χ1n) is 6.25. The molecule has 2 heterocycles. The molecule has 1 aliphatic rings. The zero-order valence-electron chi connectivity index (χ0n) is 10.6. The van der Waals surface area contributed by atoms with Crippen molar-refractivity contribution in [2.45, 2.75) is 19.8 Å². The van der Waals surface area contributed by atoms with Crippen LogP contribution >= 0.6 is 11.3 Å². The van der Waals surface area contributed by atoms with Crippen LogP contribution in [0.3, 0.4) is 0 Å². The number of anilines is 1. The quantitative estimate of drug-likeness (QED) is 0.873. The Morgan fingerprint density at radius 1 is 1.47 bits per heavy atom. The van der Waals surface area contributed by atoms with Gasteiger partial charge in [-0.25, -0.2) is 4.98 Å². The molecule has 1 N–H and O–H groups in total. The highest BCUT2D eigenvalue weighted by atomic mass is 32.1. The van der Waals surface area contributed by atoms with Crippen LogP contribution in [0.15, 0.2) is 5.38 Å². The van der Waals surface area contributed by atoms with E-state index in [1.165, 1.54) is 5.69 Å². The summed E-state index contributed by atoms with van der Waals surface area (Å²) < 4.78 is 5.32. The highest BCUT2D eigenvalue weighted by Crippen LogP contribution is 2.21. The number of thiazole rings is 1. The zero-order chi connectivity index (χ0) is 12.1. The van der Waals surface area contributed by atoms with Crippen LogP contribution in [0.4, 0.5) is 5.13 Å². The van der Waals surface area contributed by atoms with Gasteiger partial charge in [0, 0.05) is 31.6 Å². The lowest BCUT2D eigenvalue weighted by atomic mass is 10.2. The first-order chi connectivity index (χ1) is 8.25. The van der Waals surface area contributed by atoms with E-state index in [0.717, 1.165) is 44.5 Å². The third kappa shape index (κ3) is 3.94. The summed E-state index contributed by atoms with van der Waals surface area (Å²) in [6.07, 6.45) is 0. The topological polar surface area (TPSA) is 37.4 Å². The Labute approximate surface area is 107 Å². The average Bonchev–Trinajstić information content (AvgIpc) is 2.79. The molecule has 1 saturated heterocycles. The van der Waals surface area contributed by atoms with Crippen molar-refractivity contribution in [2.75, 3.05) is 44.7 Å². The van der Waals surface area contributed by atoms with Crippen molar-refractivity contribution in [1.82, 2.24) is 9.88 Å². The fraction of sp³-hybridized carbons (Fsp3) is 0.750. The van der Waals surface area contributed by atoms with E-state index in [-0.39, 0.29) is 0 Å². The molecule has 17 heavy (non-hydrogen) atoms. The van der Waals surface area contributed by atoms with Gasteiger partial charge < -0.3 is 10.1 Å². The van der Waals surface area contributed by atoms with Crippen molar-refractivity contribution in [3.63, 3.8) is 0 Å². The van der Waals surface area contributed by atoms with Crippen LogP contribution in [0.25, 0.3) is 0 Å². The summed E-state index contributed by atoms with van der Waals surface area (Å²) >= 11 is 1.70. The van der Waals surface area contributed by atoms with E-state index in [9.17, 15) is 0 Å². The van der Waals surface area contributed by atoms with Gasteiger partial charge in [0.2, 0.25) is 0 Å². The molecule has 0 spiro atoms. The molecule has 0 bridgehead atoms. The monoisotopic (exact) mass is 255 g/mol. The summed E-state index contributed by atoms with van der Waals surface area (Å²) in [5.74, 6) is 0.515. The second kappa shape index (κ2) is 6.33. The third-order valence-corrected chi connectivity index (χ3v) is 3.74. The maximum absolute atomic E-state index is 5.32. The van der Waals surface area contributed by atoms with Gasteiger partial charge in [0.25, 0.3) is 0 Å². The lowest BCUT2D eigenvalue weighted by molar-refractivity contribution is 0.0398. The largest absolute Gasteiger partial charge is 0.379 e. The van der Waals surface area contributed by atoms with Crippen molar-refractivity contribution < 1.29 is 4.74 Å². The molecule has 1 fully saturated rings. The number of ether oxygens (including phenoxy) is 1. The lowest BCUT2D eigenvalue weighted by Gasteiger charge is -2.26. The Balaban J connectivity index is 1.70. The average molecular weight is 255 g/mol. The van der Waals surface area contributed by atoms with Gasteiger partial charge >= 0.3 is 0 Å². The summed E-state index contributed by atoms with van der Waals surface area (Å²) in [6, 6.07) is 0. The van der Waals surface area contributed by atoms with Crippen LogP contribution in [-0.2, 0) is 4.74 Å². The molecule has 2 rings (SSSR count). The van der Waals surface area contributed by atoms with Gasteiger partial charge in [-0.3, -0.25) is 4.90 Å². The molecule has 1 aromatic rings. The minimum atomic E-state index is 0.515. The second-order valence-corrected chi connectivity index (χ2v) is 5.47. The van der Waals surface area contributed by atoms with Gasteiger partial charge in [0.05, 0.1) is 18.9 Å². The molecule has 96 valence electrons. The summed E-state index contributed by atoms with van der Waals surface area (Å²) in [5.41, 5.74) is 1.18. The molecule has 4 nitrogen and oxygen atoms in total. The molecular weight excluding hydrogens is 234 g/mol. The SMILES string of the molecule is CC(C)c1csc(NCCN2CCOCC2)n1. The number of nitrogens with zero attached hydrogens (tertiary/aromatic N) is 2. The lowest BCUT2D eigenvalue weighted by Crippen LogP contribution is -2.38. The van der Waals surface area contributed by atoms with Crippen molar-refractivity contribution >= 4 is 16.5 Å². The predicted molar refractivity (Wildman–Crippen MR) is 72.0 cm³/mol. The third-order valence-electron chi connectivity index (χ3n) is 2.92. The van der Waals surface area contributed by atoms with E-state index in [4.69, 9.17) is 4.74 Å². The molecule has 0 amide bonds. The van der Waals surface area contributed by atoms with Gasteiger partial charge in [-0.2, -0.15) is 0 Å². The highest BCUT2D eigenvalue weighted by Gasteiger charge is 2.10. The van der Waals surface area contributed by atoms with Crippen LogP contribution in [0.1, 0.15) is 25.5 Å². The van der Waals surface area contributed by atoms with Crippen LogP contribution in [0.5, 0.6) is 0 Å². The number of hydrogen-bond acceptors (Lipinski definition) is 5. The highest BCUT2D eigenvalue weighted by molar-refractivity contribution is 7.13. The van der Waals surface area contributed by atoms with Crippen molar-refractivity contribution in [1.29, 1.82) is 0 Å². The zero-order valence-corrected chi connectivity index (χ0v) is 11.4. The first-order valence-corrected chi connectivity index (χ1v) is 7.13. The van der Waals surface area contributed by atoms with E-state index in [1.54, 1.807) is 11.3 Å². The van der Waals surface area contributed by atoms with Crippen LogP contribution in [0.2, 0.25) is 0 Å². The molecule has 0 aromatic carbocycles. The molecule has 1 aromatic heterocycles. The van der Waals surface area contributed by atoms with E-state index in [2.05, 4.69) is 34.4 Å². The number of hydrogen-bond donors (Lipinski definition) is 1. The van der Waals surface area contributed by atoms with Gasteiger partial charge in [0.15, 0.2) is 5.13 Å². The normalized spacial score (nSPS) is 17.6. The summed E-state index contributed by atoms with van der Waals surface area (Å²) in [4.78, 5) is 6.98. The molecule has 0 unspecified atom stereocenters. The van der Waals surface area contributed by atoms with E-state index in [1.807, 2.05) is 0 Å². The van der Waals surface area contributed by atoms with E-state index >= 15 is 0 Å². The van der Waals surface area contributed by atoms with Gasteiger partial charge in [-0.05, 0) is 5.92 Å². The van der Waals surface area contributed by atoms with Crippen LogP contribution in [0, 0.1) is 0 Å². The number of rotatable bonds is 5. The van der Waals surface area contributed by atoms with E-state index < -0.39 is 0 Å². The maximum atomic E-state index is 5.32. The van der Waals surface area contributed by atoms with Crippen molar-refractivity contribution in [3.05, 3.63) is 11.1 Å². The number of aromatic nitrogens is 1. The standard InChI is InChI=1S/C12H21N3OS/c1-10(2)11-9-17-12(14-11)13-3-4-15-5-7-16-8-6-15/h9-10H,3-8H2,1-2H3,(H,13,14). The van der Waals surface area contributed by atoms with Crippen LogP contribution < -0.4 is 5.32 Å². The Morgan fingerprint density at radius 3 is 2.88 bits per heavy atom. The molecule has 0 atom stereocenters. The number of nitrogens with one attached hydrogen (secondary N) is 1. The molecular formula is C12H21N3OS. The predicted octanol–water partition coefficient (Wildman–Crippen LogP) is 2.01. The fourth-order valence-corrected chi connectivity index (χ4v) is 2.68. The Morgan fingerprint density at radius 2 is 2.24 bits per heavy atom. The first kappa shape index (κ1) is 12.8. The Hall–Kier alpha value is -0.650. The molecule has 0 saturated carbocycles. The van der Waals surface area contributed by atoms with E-state index in [0.29, 0.717) is 5.92 Å². The minimum Gasteiger partial charge on any atom is -0.379 e. The molecule has 1 aliphatic heterocycles. The minimum absolute atomic E-state index is 0.515. The van der Waals surface area contributed by atoms with Crippen molar-refractivity contribution in [2.24, 2.45) is 0 Å². The summed E-state index contributed by atoms with van der Waals surface area (Å²) in [5, 5.41) is 6.58. The molecule has 0 aliphatic carbocycles. The fourth-order valence-electron chi connectivity index (χ4n) is 1.78. The Kier molecular flexibility index (Phi) is 4.76. The molecule has 5 heteroatoms. The maximum Gasteiger partial charge on any atom is 0.182 e. The Bertz CT molecular complexity index is 334. The molecule has 0 radical (unpaired) electrons. The second-order valence-electron chi connectivity index (χ2n) is 4.61. The smallest absolute Gasteiger partial charge is 0.182 e. The van der Waals surface area contributed by atoms with Gasteiger partial charge in [-0.1, -0.05) is 13.8 Å². The van der Waals surface area contributed by atoms with Gasteiger partial charge in [0.1, 0.15) is 0 Å².